The van der Waals surface area contributed by atoms with Crippen LogP contribution in [0.1, 0.15) is 29.4 Å². The highest BCUT2D eigenvalue weighted by atomic mass is 16.2. The molecular weight excluding hydrogens is 408 g/mol. The second-order valence-corrected chi connectivity index (χ2v) is 8.47. The van der Waals surface area contributed by atoms with Crippen LogP contribution in [0, 0.1) is 0 Å². The summed E-state index contributed by atoms with van der Waals surface area (Å²) in [6, 6.07) is 10.3. The van der Waals surface area contributed by atoms with Crippen LogP contribution in [0.5, 0.6) is 0 Å². The van der Waals surface area contributed by atoms with Gasteiger partial charge in [-0.1, -0.05) is 6.07 Å². The maximum absolute atomic E-state index is 12.5. The highest BCUT2D eigenvalue weighted by Crippen LogP contribution is 2.35. The van der Waals surface area contributed by atoms with Crippen LogP contribution in [0.3, 0.4) is 0 Å². The predicted molar refractivity (Wildman–Crippen MR) is 122 cm³/mol. The van der Waals surface area contributed by atoms with Gasteiger partial charge in [0.1, 0.15) is 5.69 Å². The summed E-state index contributed by atoms with van der Waals surface area (Å²) in [5.74, 6) is -0.184. The van der Waals surface area contributed by atoms with E-state index in [1.807, 2.05) is 24.3 Å². The minimum atomic E-state index is -0.367. The Morgan fingerprint density at radius 2 is 2.03 bits per heavy atom. The molecule has 3 aromatic rings. The number of nitrogens with one attached hydrogen (secondary N) is 2. The highest BCUT2D eigenvalue weighted by molar-refractivity contribution is 5.92. The van der Waals surface area contributed by atoms with Gasteiger partial charge in [-0.25, -0.2) is 9.78 Å². The Balaban J connectivity index is 1.30. The molecule has 2 fully saturated rings. The molecule has 4 heterocycles. The van der Waals surface area contributed by atoms with Crippen LogP contribution < -0.4 is 21.5 Å². The highest BCUT2D eigenvalue weighted by Gasteiger charge is 2.43. The maximum Gasteiger partial charge on any atom is 0.328 e. The van der Waals surface area contributed by atoms with Gasteiger partial charge in [0.05, 0.1) is 22.8 Å². The number of fused-ring (bicyclic) bond motifs is 3. The molecule has 2 aliphatic heterocycles. The first-order valence-electron chi connectivity index (χ1n) is 10.9. The van der Waals surface area contributed by atoms with Crippen molar-refractivity contribution >= 4 is 22.5 Å². The Labute approximate surface area is 184 Å². The number of piperazine rings is 1. The SMILES string of the molecule is CCn1c(=O)[nH]c2cc(CN3C[C@@H]4C[C@H]3CN4c3ccc(C(=O)NC)nc3)ccc2c1=O. The second kappa shape index (κ2) is 7.90. The number of aromatic nitrogens is 3. The number of anilines is 1. The largest absolute Gasteiger partial charge is 0.364 e. The predicted octanol–water partition coefficient (Wildman–Crippen LogP) is 0.927. The quantitative estimate of drug-likeness (QED) is 0.619. The van der Waals surface area contributed by atoms with Gasteiger partial charge in [-0.15, -0.1) is 0 Å². The van der Waals surface area contributed by atoms with E-state index in [-0.39, 0.29) is 17.2 Å². The van der Waals surface area contributed by atoms with Crippen molar-refractivity contribution in [2.24, 2.45) is 0 Å². The topological polar surface area (TPSA) is 103 Å². The van der Waals surface area contributed by atoms with Crippen LogP contribution in [-0.4, -0.2) is 57.6 Å². The van der Waals surface area contributed by atoms with Crippen molar-refractivity contribution in [2.45, 2.75) is 38.5 Å². The molecule has 9 heteroatoms. The van der Waals surface area contributed by atoms with E-state index in [4.69, 9.17) is 0 Å². The molecule has 0 unspecified atom stereocenters. The van der Waals surface area contributed by atoms with Crippen molar-refractivity contribution in [3.63, 3.8) is 0 Å². The summed E-state index contributed by atoms with van der Waals surface area (Å²) < 4.78 is 1.21. The third-order valence-corrected chi connectivity index (χ3v) is 6.64. The summed E-state index contributed by atoms with van der Waals surface area (Å²) in [5, 5.41) is 3.13. The Bertz CT molecular complexity index is 1300. The molecule has 1 amide bonds. The first kappa shape index (κ1) is 20.4. The van der Waals surface area contributed by atoms with Crippen LogP contribution in [0.15, 0.2) is 46.1 Å². The average molecular weight is 435 g/mol. The van der Waals surface area contributed by atoms with Crippen molar-refractivity contribution < 1.29 is 4.79 Å². The standard InChI is InChI=1S/C23H26N6O3/c1-3-28-22(31)18-6-4-14(8-20(18)26-23(28)32)11-27-12-17-9-16(27)13-29(17)15-5-7-19(25-10-15)21(30)24-2/h4-8,10,16-17H,3,9,11-13H2,1-2H3,(H,24,30)(H,26,32)/t16-,17-/m0/s1. The third-order valence-electron chi connectivity index (χ3n) is 6.64. The lowest BCUT2D eigenvalue weighted by molar-refractivity contribution is 0.0958. The zero-order chi connectivity index (χ0) is 22.4. The summed E-state index contributed by atoms with van der Waals surface area (Å²) in [5.41, 5.74) is 2.52. The molecule has 2 aliphatic rings. The number of aromatic amines is 1. The summed E-state index contributed by atoms with van der Waals surface area (Å²) >= 11 is 0. The van der Waals surface area contributed by atoms with E-state index in [0.717, 1.165) is 37.3 Å². The van der Waals surface area contributed by atoms with Crippen molar-refractivity contribution in [3.8, 4) is 0 Å². The Kier molecular flexibility index (Phi) is 5.05. The number of likely N-dealkylation sites (tertiary alicyclic amines) is 1. The van der Waals surface area contributed by atoms with Gasteiger partial charge in [0.2, 0.25) is 0 Å². The summed E-state index contributed by atoms with van der Waals surface area (Å²) in [7, 11) is 1.60. The molecule has 2 N–H and O–H groups in total. The normalized spacial score (nSPS) is 20.2. The maximum atomic E-state index is 12.5. The fourth-order valence-corrected chi connectivity index (χ4v) is 5.00. The lowest BCUT2D eigenvalue weighted by atomic mass is 10.1. The zero-order valence-electron chi connectivity index (χ0n) is 18.2. The molecule has 32 heavy (non-hydrogen) atoms. The number of nitrogens with zero attached hydrogens (tertiary/aromatic N) is 4. The van der Waals surface area contributed by atoms with Crippen LogP contribution in [0.25, 0.3) is 10.9 Å². The number of carbonyl (C=O) groups is 1. The third kappa shape index (κ3) is 3.38. The molecule has 166 valence electrons. The van der Waals surface area contributed by atoms with Crippen molar-refractivity contribution in [2.75, 3.05) is 25.0 Å². The van der Waals surface area contributed by atoms with E-state index in [1.165, 1.54) is 4.57 Å². The molecular formula is C23H26N6O3. The van der Waals surface area contributed by atoms with Gasteiger partial charge in [0.15, 0.2) is 0 Å². The first-order valence-corrected chi connectivity index (χ1v) is 10.9. The minimum Gasteiger partial charge on any atom is -0.364 e. The number of hydrogen-bond acceptors (Lipinski definition) is 6. The van der Waals surface area contributed by atoms with Crippen molar-refractivity contribution in [3.05, 3.63) is 68.6 Å². The fraction of sp³-hybridized carbons (Fsp3) is 0.391. The molecule has 2 bridgehead atoms. The number of hydrogen-bond donors (Lipinski definition) is 2. The van der Waals surface area contributed by atoms with Gasteiger partial charge in [-0.05, 0) is 43.2 Å². The van der Waals surface area contributed by atoms with E-state index in [9.17, 15) is 14.4 Å². The fourth-order valence-electron chi connectivity index (χ4n) is 5.00. The van der Waals surface area contributed by atoms with Crippen molar-refractivity contribution in [1.82, 2.24) is 24.8 Å². The monoisotopic (exact) mass is 434 g/mol. The molecule has 0 saturated carbocycles. The molecule has 5 rings (SSSR count). The molecule has 0 aliphatic carbocycles. The smallest absolute Gasteiger partial charge is 0.328 e. The lowest BCUT2D eigenvalue weighted by Gasteiger charge is -2.35. The molecule has 2 atom stereocenters. The summed E-state index contributed by atoms with van der Waals surface area (Å²) in [4.78, 5) is 48.3. The summed E-state index contributed by atoms with van der Waals surface area (Å²) in [6.07, 6.45) is 2.86. The molecule has 0 radical (unpaired) electrons. The van der Waals surface area contributed by atoms with Gasteiger partial charge < -0.3 is 15.2 Å². The number of rotatable bonds is 5. The van der Waals surface area contributed by atoms with Crippen LogP contribution in [-0.2, 0) is 13.1 Å². The van der Waals surface area contributed by atoms with Crippen LogP contribution >= 0.6 is 0 Å². The van der Waals surface area contributed by atoms with Gasteiger partial charge in [0, 0.05) is 45.3 Å². The van der Waals surface area contributed by atoms with Gasteiger partial charge in [0.25, 0.3) is 11.5 Å². The Morgan fingerprint density at radius 1 is 1.19 bits per heavy atom. The number of benzene rings is 1. The van der Waals surface area contributed by atoms with E-state index in [0.29, 0.717) is 35.2 Å². The van der Waals surface area contributed by atoms with Crippen LogP contribution in [0.2, 0.25) is 0 Å². The lowest BCUT2D eigenvalue weighted by Crippen LogP contribution is -2.46. The number of H-pyrrole nitrogens is 1. The number of amides is 1. The number of carbonyl (C=O) groups excluding carboxylic acids is 1. The molecule has 2 aromatic heterocycles. The van der Waals surface area contributed by atoms with E-state index < -0.39 is 0 Å². The van der Waals surface area contributed by atoms with E-state index >= 15 is 0 Å². The zero-order valence-corrected chi connectivity index (χ0v) is 18.2. The van der Waals surface area contributed by atoms with Gasteiger partial charge in [-0.2, -0.15) is 0 Å². The van der Waals surface area contributed by atoms with Crippen LogP contribution in [0.4, 0.5) is 5.69 Å². The molecule has 1 aromatic carbocycles. The van der Waals surface area contributed by atoms with E-state index in [2.05, 4.69) is 25.1 Å². The van der Waals surface area contributed by atoms with Gasteiger partial charge >= 0.3 is 5.69 Å². The molecule has 2 saturated heterocycles. The second-order valence-electron chi connectivity index (χ2n) is 8.47. The van der Waals surface area contributed by atoms with E-state index in [1.54, 1.807) is 26.2 Å². The molecule has 0 spiro atoms. The number of pyridine rings is 1. The summed E-state index contributed by atoms with van der Waals surface area (Å²) in [6.45, 7) is 4.76. The Hall–Kier alpha value is -3.46. The minimum absolute atomic E-state index is 0.184. The Morgan fingerprint density at radius 3 is 2.69 bits per heavy atom. The van der Waals surface area contributed by atoms with Gasteiger partial charge in [-0.3, -0.25) is 19.1 Å². The average Bonchev–Trinajstić information content (AvgIpc) is 3.39. The van der Waals surface area contributed by atoms with Crippen molar-refractivity contribution in [1.29, 1.82) is 0 Å². The molecule has 9 nitrogen and oxygen atoms in total. The first-order chi connectivity index (χ1) is 15.5.